The minimum atomic E-state index is -0.377. The fourth-order valence-electron chi connectivity index (χ4n) is 2.35. The lowest BCUT2D eigenvalue weighted by Gasteiger charge is -2.17. The highest BCUT2D eigenvalue weighted by atomic mass is 35.5. The minimum Gasteiger partial charge on any atom is -0.461 e. The van der Waals surface area contributed by atoms with Crippen LogP contribution in [-0.4, -0.2) is 18.3 Å². The van der Waals surface area contributed by atoms with Gasteiger partial charge in [0.05, 0.1) is 12.3 Å². The van der Waals surface area contributed by atoms with Crippen LogP contribution in [0, 0.1) is 0 Å². The van der Waals surface area contributed by atoms with Gasteiger partial charge in [-0.15, -0.1) is 0 Å². The van der Waals surface area contributed by atoms with Crippen molar-refractivity contribution >= 4 is 29.0 Å². The van der Waals surface area contributed by atoms with E-state index in [2.05, 4.69) is 16.6 Å². The van der Waals surface area contributed by atoms with Crippen molar-refractivity contribution in [3.8, 4) is 11.1 Å². The third-order valence-corrected chi connectivity index (χ3v) is 3.72. The molecule has 1 aliphatic heterocycles. The molecule has 0 saturated carbocycles. The van der Waals surface area contributed by atoms with Crippen molar-refractivity contribution in [2.24, 2.45) is 5.10 Å². The lowest BCUT2D eigenvalue weighted by Crippen LogP contribution is -2.24. The molecule has 0 radical (unpaired) electrons. The number of nitrogens with zero attached hydrogens (tertiary/aromatic N) is 1. The molecule has 2 aromatic carbocycles. The lowest BCUT2D eigenvalue weighted by molar-refractivity contribution is -0.135. The molecule has 0 saturated heterocycles. The number of nitrogens with one attached hydrogen (secondary N) is 1. The molecule has 0 spiro atoms. The quantitative estimate of drug-likeness (QED) is 0.874. The summed E-state index contributed by atoms with van der Waals surface area (Å²) in [6, 6.07) is 13.7. The smallest absolute Gasteiger partial charge is 0.354 e. The maximum absolute atomic E-state index is 11.8. The van der Waals surface area contributed by atoms with Crippen molar-refractivity contribution in [1.82, 2.24) is 0 Å². The summed E-state index contributed by atoms with van der Waals surface area (Å²) in [5.74, 6) is -0.377. The van der Waals surface area contributed by atoms with E-state index in [4.69, 9.17) is 16.3 Å². The number of carbonyl (C=O) groups is 1. The molecule has 22 heavy (non-hydrogen) atoms. The number of fused-ring (bicyclic) bond motifs is 1. The number of esters is 1. The van der Waals surface area contributed by atoms with Crippen LogP contribution in [0.25, 0.3) is 11.1 Å². The second-order valence-electron chi connectivity index (χ2n) is 4.95. The highest BCUT2D eigenvalue weighted by Gasteiger charge is 2.20. The zero-order chi connectivity index (χ0) is 15.5. The summed E-state index contributed by atoms with van der Waals surface area (Å²) in [5.41, 5.74) is 7.37. The van der Waals surface area contributed by atoms with Gasteiger partial charge in [0.2, 0.25) is 0 Å². The molecule has 5 heteroatoms. The van der Waals surface area contributed by atoms with Gasteiger partial charge in [0.15, 0.2) is 0 Å². The third kappa shape index (κ3) is 2.97. The number of carbonyl (C=O) groups excluding carboxylic acids is 1. The van der Waals surface area contributed by atoms with Crippen molar-refractivity contribution in [3.63, 3.8) is 0 Å². The molecule has 0 unspecified atom stereocenters. The van der Waals surface area contributed by atoms with Gasteiger partial charge in [-0.05, 0) is 47.9 Å². The molecule has 0 bridgehead atoms. The van der Waals surface area contributed by atoms with Crippen LogP contribution in [0.1, 0.15) is 12.5 Å². The summed E-state index contributed by atoms with van der Waals surface area (Å²) in [4.78, 5) is 11.8. The van der Waals surface area contributed by atoms with Crippen molar-refractivity contribution in [2.75, 3.05) is 12.0 Å². The molecule has 1 heterocycles. The monoisotopic (exact) mass is 314 g/mol. The maximum atomic E-state index is 11.8. The Hall–Kier alpha value is -2.33. The molecule has 1 N–H and O–H groups in total. The third-order valence-electron chi connectivity index (χ3n) is 3.46. The first kappa shape index (κ1) is 14.6. The maximum Gasteiger partial charge on any atom is 0.354 e. The summed E-state index contributed by atoms with van der Waals surface area (Å²) >= 11 is 5.92. The Morgan fingerprint density at radius 1 is 1.23 bits per heavy atom. The van der Waals surface area contributed by atoms with E-state index >= 15 is 0 Å². The van der Waals surface area contributed by atoms with Gasteiger partial charge in [-0.25, -0.2) is 4.79 Å². The SMILES string of the molecule is CCOC(=O)C1=NNc2ccc(-c3ccc(Cl)cc3)cc2C1. The first-order valence-electron chi connectivity index (χ1n) is 7.06. The van der Waals surface area contributed by atoms with Crippen LogP contribution < -0.4 is 5.43 Å². The van der Waals surface area contributed by atoms with Crippen LogP contribution in [0.5, 0.6) is 0 Å². The predicted molar refractivity (Wildman–Crippen MR) is 88.3 cm³/mol. The van der Waals surface area contributed by atoms with Crippen molar-refractivity contribution < 1.29 is 9.53 Å². The summed E-state index contributed by atoms with van der Waals surface area (Å²) < 4.78 is 5.00. The molecule has 0 aromatic heterocycles. The predicted octanol–water partition coefficient (Wildman–Crippen LogP) is 3.89. The van der Waals surface area contributed by atoms with E-state index in [1.54, 1.807) is 6.92 Å². The van der Waals surface area contributed by atoms with Crippen molar-refractivity contribution in [1.29, 1.82) is 0 Å². The fraction of sp³-hybridized carbons (Fsp3) is 0.176. The summed E-state index contributed by atoms with van der Waals surface area (Å²) in [7, 11) is 0. The number of anilines is 1. The molecule has 0 amide bonds. The number of hydrazone groups is 1. The Balaban J connectivity index is 1.88. The average Bonchev–Trinajstić information content (AvgIpc) is 2.55. The number of hydrogen-bond acceptors (Lipinski definition) is 4. The number of ether oxygens (including phenoxy) is 1. The Kier molecular flexibility index (Phi) is 4.11. The van der Waals surface area contributed by atoms with E-state index < -0.39 is 0 Å². The van der Waals surface area contributed by atoms with Gasteiger partial charge in [-0.2, -0.15) is 5.10 Å². The molecule has 1 aliphatic rings. The van der Waals surface area contributed by atoms with Gasteiger partial charge in [-0.3, -0.25) is 5.43 Å². The van der Waals surface area contributed by atoms with Crippen molar-refractivity contribution in [2.45, 2.75) is 13.3 Å². The largest absolute Gasteiger partial charge is 0.461 e. The lowest BCUT2D eigenvalue weighted by atomic mass is 9.98. The van der Waals surface area contributed by atoms with Crippen LogP contribution >= 0.6 is 11.6 Å². The second kappa shape index (κ2) is 6.20. The highest BCUT2D eigenvalue weighted by Crippen LogP contribution is 2.28. The van der Waals surface area contributed by atoms with Gasteiger partial charge in [-0.1, -0.05) is 29.8 Å². The minimum absolute atomic E-state index is 0.343. The summed E-state index contributed by atoms with van der Waals surface area (Å²) in [6.45, 7) is 2.12. The van der Waals surface area contributed by atoms with Crippen LogP contribution in [0.15, 0.2) is 47.6 Å². The van der Waals surface area contributed by atoms with Crippen molar-refractivity contribution in [3.05, 3.63) is 53.1 Å². The average molecular weight is 315 g/mol. The van der Waals surface area contributed by atoms with Gasteiger partial charge in [0.1, 0.15) is 5.71 Å². The first-order chi connectivity index (χ1) is 10.7. The summed E-state index contributed by atoms with van der Waals surface area (Å²) in [6.07, 6.45) is 0.461. The molecular formula is C17H15ClN2O2. The molecule has 0 aliphatic carbocycles. The Labute approximate surface area is 133 Å². The van der Waals surface area contributed by atoms with Crippen LogP contribution in [0.2, 0.25) is 5.02 Å². The molecule has 0 atom stereocenters. The van der Waals surface area contributed by atoms with E-state index in [9.17, 15) is 4.79 Å². The van der Waals surface area contributed by atoms with E-state index in [-0.39, 0.29) is 5.97 Å². The van der Waals surface area contributed by atoms with E-state index in [1.807, 2.05) is 36.4 Å². The normalized spacial score (nSPS) is 12.9. The Morgan fingerprint density at radius 3 is 2.68 bits per heavy atom. The highest BCUT2D eigenvalue weighted by molar-refractivity contribution is 6.37. The summed E-state index contributed by atoms with van der Waals surface area (Å²) in [5, 5.41) is 4.79. The van der Waals surface area contributed by atoms with Gasteiger partial charge in [0, 0.05) is 11.4 Å². The second-order valence-corrected chi connectivity index (χ2v) is 5.38. The van der Waals surface area contributed by atoms with Crippen LogP contribution in [0.4, 0.5) is 5.69 Å². The van der Waals surface area contributed by atoms with Gasteiger partial charge >= 0.3 is 5.97 Å². The fourth-order valence-corrected chi connectivity index (χ4v) is 2.48. The number of halogens is 1. The topological polar surface area (TPSA) is 50.7 Å². The zero-order valence-electron chi connectivity index (χ0n) is 12.1. The molecule has 2 aromatic rings. The number of benzene rings is 2. The van der Waals surface area contributed by atoms with E-state index in [1.165, 1.54) is 0 Å². The molecule has 0 fully saturated rings. The van der Waals surface area contributed by atoms with E-state index in [0.29, 0.717) is 23.8 Å². The van der Waals surface area contributed by atoms with Gasteiger partial charge in [0.25, 0.3) is 0 Å². The number of rotatable bonds is 3. The molecule has 112 valence electrons. The Morgan fingerprint density at radius 2 is 1.95 bits per heavy atom. The Bertz CT molecular complexity index is 739. The molecular weight excluding hydrogens is 300 g/mol. The number of hydrogen-bond donors (Lipinski definition) is 1. The van der Waals surface area contributed by atoms with Crippen LogP contribution in [0.3, 0.4) is 0 Å². The first-order valence-corrected chi connectivity index (χ1v) is 7.43. The molecule has 4 nitrogen and oxygen atoms in total. The molecule has 3 rings (SSSR count). The zero-order valence-corrected chi connectivity index (χ0v) is 12.9. The van der Waals surface area contributed by atoms with Crippen LogP contribution in [-0.2, 0) is 16.0 Å². The van der Waals surface area contributed by atoms with E-state index in [0.717, 1.165) is 22.4 Å². The van der Waals surface area contributed by atoms with Gasteiger partial charge < -0.3 is 4.74 Å². The standard InChI is InChI=1S/C17H15ClN2O2/c1-2-22-17(21)16-10-13-9-12(5-8-15(13)19-20-16)11-3-6-14(18)7-4-11/h3-9,19H,2,10H2,1H3.